The molecular weight excluding hydrogens is 206 g/mol. The van der Waals surface area contributed by atoms with E-state index in [4.69, 9.17) is 6.42 Å². The molecule has 0 aromatic carbocycles. The molecule has 2 unspecified atom stereocenters. The lowest BCUT2D eigenvalue weighted by atomic mass is 9.91. The van der Waals surface area contributed by atoms with Crippen molar-refractivity contribution < 1.29 is 0 Å². The molecule has 1 nitrogen and oxygen atoms in total. The first kappa shape index (κ1) is 16.5. The van der Waals surface area contributed by atoms with Gasteiger partial charge in [0.2, 0.25) is 0 Å². The maximum absolute atomic E-state index is 5.54. The van der Waals surface area contributed by atoms with E-state index in [-0.39, 0.29) is 0 Å². The highest BCUT2D eigenvalue weighted by Crippen LogP contribution is 2.17. The van der Waals surface area contributed by atoms with Gasteiger partial charge < -0.3 is 5.32 Å². The van der Waals surface area contributed by atoms with E-state index in [1.807, 2.05) is 0 Å². The van der Waals surface area contributed by atoms with Crippen molar-refractivity contribution in [2.24, 2.45) is 11.8 Å². The van der Waals surface area contributed by atoms with Crippen LogP contribution in [-0.2, 0) is 0 Å². The van der Waals surface area contributed by atoms with Crippen LogP contribution in [0.5, 0.6) is 0 Å². The average Bonchev–Trinajstić information content (AvgIpc) is 2.29. The van der Waals surface area contributed by atoms with E-state index in [1.54, 1.807) is 0 Å². The zero-order valence-corrected chi connectivity index (χ0v) is 12.3. The summed E-state index contributed by atoms with van der Waals surface area (Å²) in [5.41, 5.74) is 0. The van der Waals surface area contributed by atoms with E-state index < -0.39 is 0 Å². The van der Waals surface area contributed by atoms with Crippen molar-refractivity contribution in [3.63, 3.8) is 0 Å². The Balaban J connectivity index is 3.52. The van der Waals surface area contributed by atoms with Gasteiger partial charge in [-0.05, 0) is 38.6 Å². The number of terminal acetylenes is 1. The molecule has 0 aromatic rings. The van der Waals surface area contributed by atoms with Crippen LogP contribution in [0.3, 0.4) is 0 Å². The van der Waals surface area contributed by atoms with Crippen LogP contribution in [0.2, 0.25) is 0 Å². The fourth-order valence-corrected chi connectivity index (χ4v) is 2.04. The van der Waals surface area contributed by atoms with Crippen LogP contribution >= 0.6 is 0 Å². The first-order valence-corrected chi connectivity index (χ1v) is 7.31. The molecule has 0 saturated heterocycles. The molecule has 0 saturated carbocycles. The second-order valence-electron chi connectivity index (χ2n) is 5.51. The zero-order chi connectivity index (χ0) is 13.1. The zero-order valence-electron chi connectivity index (χ0n) is 12.3. The van der Waals surface area contributed by atoms with Crippen LogP contribution < -0.4 is 5.32 Å². The molecule has 0 spiro atoms. The van der Waals surface area contributed by atoms with Crippen molar-refractivity contribution in [3.05, 3.63) is 0 Å². The number of unbranched alkanes of at least 4 members (excludes halogenated alkanes) is 3. The molecule has 2 atom stereocenters. The lowest BCUT2D eigenvalue weighted by Gasteiger charge is -2.18. The molecule has 0 radical (unpaired) electrons. The van der Waals surface area contributed by atoms with Gasteiger partial charge in [0.05, 0.1) is 0 Å². The summed E-state index contributed by atoms with van der Waals surface area (Å²) < 4.78 is 0. The number of nitrogens with one attached hydrogen (secondary N) is 1. The molecule has 17 heavy (non-hydrogen) atoms. The second kappa shape index (κ2) is 10.7. The third-order valence-electron chi connectivity index (χ3n) is 3.45. The standard InChI is InChI=1S/C16H31N/c1-6-8-9-10-13-17-15(5)11-12-16(7-2)14(3)4/h2,14-17H,6,8-13H2,1,3-5H3. The highest BCUT2D eigenvalue weighted by Gasteiger charge is 2.11. The monoisotopic (exact) mass is 237 g/mol. The SMILES string of the molecule is C#CC(CCC(C)NCCCCCC)C(C)C. The van der Waals surface area contributed by atoms with Gasteiger partial charge in [0.1, 0.15) is 0 Å². The number of rotatable bonds is 10. The third kappa shape index (κ3) is 9.24. The summed E-state index contributed by atoms with van der Waals surface area (Å²) in [6, 6.07) is 0.603. The maximum Gasteiger partial charge on any atom is 0.0223 e. The van der Waals surface area contributed by atoms with Gasteiger partial charge in [0, 0.05) is 12.0 Å². The van der Waals surface area contributed by atoms with Gasteiger partial charge in [-0.2, -0.15) is 0 Å². The van der Waals surface area contributed by atoms with Gasteiger partial charge in [-0.1, -0.05) is 40.0 Å². The minimum absolute atomic E-state index is 0.444. The summed E-state index contributed by atoms with van der Waals surface area (Å²) in [6.07, 6.45) is 13.2. The van der Waals surface area contributed by atoms with Crippen molar-refractivity contribution >= 4 is 0 Å². The molecule has 0 fully saturated rings. The Morgan fingerprint density at radius 2 is 1.76 bits per heavy atom. The van der Waals surface area contributed by atoms with Crippen molar-refractivity contribution in [2.75, 3.05) is 6.54 Å². The molecule has 0 amide bonds. The molecule has 0 heterocycles. The van der Waals surface area contributed by atoms with Crippen molar-refractivity contribution in [2.45, 2.75) is 72.3 Å². The Labute approximate surface area is 109 Å². The summed E-state index contributed by atoms with van der Waals surface area (Å²) in [6.45, 7) is 10.1. The van der Waals surface area contributed by atoms with Crippen LogP contribution in [0.15, 0.2) is 0 Å². The van der Waals surface area contributed by atoms with E-state index in [0.717, 1.165) is 13.0 Å². The Kier molecular flexibility index (Phi) is 10.4. The Morgan fingerprint density at radius 3 is 2.29 bits per heavy atom. The number of hydrogen-bond acceptors (Lipinski definition) is 1. The minimum Gasteiger partial charge on any atom is -0.314 e. The molecule has 0 bridgehead atoms. The van der Waals surface area contributed by atoms with Crippen LogP contribution in [0.1, 0.15) is 66.2 Å². The molecule has 0 rings (SSSR count). The largest absolute Gasteiger partial charge is 0.314 e. The van der Waals surface area contributed by atoms with Gasteiger partial charge in [0.15, 0.2) is 0 Å². The fourth-order valence-electron chi connectivity index (χ4n) is 2.04. The normalized spacial score (nSPS) is 14.6. The van der Waals surface area contributed by atoms with Gasteiger partial charge in [-0.25, -0.2) is 0 Å². The predicted octanol–water partition coefficient (Wildman–Crippen LogP) is 4.23. The molecule has 0 aliphatic heterocycles. The third-order valence-corrected chi connectivity index (χ3v) is 3.45. The van der Waals surface area contributed by atoms with Crippen LogP contribution in [0, 0.1) is 24.2 Å². The highest BCUT2D eigenvalue weighted by atomic mass is 14.9. The molecule has 0 aromatic heterocycles. The fraction of sp³-hybridized carbons (Fsp3) is 0.875. The van der Waals surface area contributed by atoms with Gasteiger partial charge in [0.25, 0.3) is 0 Å². The van der Waals surface area contributed by atoms with E-state index >= 15 is 0 Å². The Morgan fingerprint density at radius 1 is 1.06 bits per heavy atom. The minimum atomic E-state index is 0.444. The molecule has 100 valence electrons. The van der Waals surface area contributed by atoms with Gasteiger partial charge in [-0.15, -0.1) is 12.3 Å². The molecule has 0 aliphatic carbocycles. The molecule has 0 aliphatic rings. The summed E-state index contributed by atoms with van der Waals surface area (Å²) in [5, 5.41) is 3.59. The van der Waals surface area contributed by atoms with Crippen LogP contribution in [0.4, 0.5) is 0 Å². The van der Waals surface area contributed by atoms with Gasteiger partial charge >= 0.3 is 0 Å². The lowest BCUT2D eigenvalue weighted by molar-refractivity contribution is 0.396. The number of hydrogen-bond donors (Lipinski definition) is 1. The van der Waals surface area contributed by atoms with E-state index in [9.17, 15) is 0 Å². The molecule has 1 heteroatoms. The lowest BCUT2D eigenvalue weighted by Crippen LogP contribution is -2.27. The molecular formula is C16H31N. The van der Waals surface area contributed by atoms with Crippen LogP contribution in [0.25, 0.3) is 0 Å². The van der Waals surface area contributed by atoms with Crippen molar-refractivity contribution in [1.82, 2.24) is 5.32 Å². The summed E-state index contributed by atoms with van der Waals surface area (Å²) >= 11 is 0. The smallest absolute Gasteiger partial charge is 0.0223 e. The van der Waals surface area contributed by atoms with Crippen molar-refractivity contribution in [1.29, 1.82) is 0 Å². The average molecular weight is 237 g/mol. The highest BCUT2D eigenvalue weighted by molar-refractivity contribution is 4.94. The summed E-state index contributed by atoms with van der Waals surface area (Å²) in [4.78, 5) is 0. The predicted molar refractivity (Wildman–Crippen MR) is 78.0 cm³/mol. The summed E-state index contributed by atoms with van der Waals surface area (Å²) in [7, 11) is 0. The van der Waals surface area contributed by atoms with E-state index in [2.05, 4.69) is 38.9 Å². The van der Waals surface area contributed by atoms with E-state index in [0.29, 0.717) is 17.9 Å². The Bertz CT molecular complexity index is 202. The summed E-state index contributed by atoms with van der Waals surface area (Å²) in [5.74, 6) is 3.97. The quantitative estimate of drug-likeness (QED) is 0.443. The Hall–Kier alpha value is -0.480. The molecule has 1 N–H and O–H groups in total. The van der Waals surface area contributed by atoms with Crippen molar-refractivity contribution in [3.8, 4) is 12.3 Å². The van der Waals surface area contributed by atoms with E-state index in [1.165, 1.54) is 32.1 Å². The first-order valence-electron chi connectivity index (χ1n) is 7.31. The maximum atomic E-state index is 5.54. The topological polar surface area (TPSA) is 12.0 Å². The van der Waals surface area contributed by atoms with Crippen LogP contribution in [-0.4, -0.2) is 12.6 Å². The van der Waals surface area contributed by atoms with Gasteiger partial charge in [-0.3, -0.25) is 0 Å². The second-order valence-corrected chi connectivity index (χ2v) is 5.51. The first-order chi connectivity index (χ1) is 8.11.